The Morgan fingerprint density at radius 2 is 2.14 bits per heavy atom. The fourth-order valence-electron chi connectivity index (χ4n) is 0.183. The van der Waals surface area contributed by atoms with Crippen LogP contribution in [-0.2, 0) is 0 Å². The van der Waals surface area contributed by atoms with E-state index in [0.717, 1.165) is 15.2 Å². The molecule has 0 atom stereocenters. The van der Waals surface area contributed by atoms with Gasteiger partial charge in [-0.2, -0.15) is 10.1 Å². The Hall–Kier alpha value is 0.352. The minimum Gasteiger partial charge on any atom is -0.341 e. The van der Waals surface area contributed by atoms with Crippen molar-refractivity contribution >= 4 is 30.5 Å². The van der Waals surface area contributed by atoms with Crippen LogP contribution in [0.25, 0.3) is 0 Å². The summed E-state index contributed by atoms with van der Waals surface area (Å²) in [6.07, 6.45) is 0. The van der Waals surface area contributed by atoms with Crippen molar-refractivity contribution in [2.45, 2.75) is 0 Å². The molecule has 0 heterocycles. The van der Waals surface area contributed by atoms with Gasteiger partial charge >= 0.3 is 15.2 Å². The van der Waals surface area contributed by atoms with E-state index in [1.54, 1.807) is 19.0 Å². The van der Waals surface area contributed by atoms with Crippen LogP contribution in [0.3, 0.4) is 0 Å². The van der Waals surface area contributed by atoms with E-state index in [-0.39, 0.29) is 5.24 Å². The van der Waals surface area contributed by atoms with Crippen LogP contribution in [0.1, 0.15) is 0 Å². The van der Waals surface area contributed by atoms with Crippen LogP contribution < -0.4 is 0 Å². The lowest BCUT2D eigenvalue weighted by Gasteiger charge is -2.05. The summed E-state index contributed by atoms with van der Waals surface area (Å²) in [4.78, 5) is 12.0. The zero-order valence-corrected chi connectivity index (χ0v) is 7.58. The highest BCUT2D eigenvalue weighted by molar-refractivity contribution is 8.31. The fourth-order valence-corrected chi connectivity index (χ4v) is 1.64. The molecule has 4 heteroatoms. The molecule has 0 radical (unpaired) electrons. The highest BCUT2D eigenvalue weighted by Gasteiger charge is 1.95. The molecule has 0 N–H and O–H groups in total. The first-order valence-corrected chi connectivity index (χ1v) is 5.61. The molecule has 0 fully saturated rings. The highest BCUT2D eigenvalue weighted by Crippen LogP contribution is 1.95. The summed E-state index contributed by atoms with van der Waals surface area (Å²) in [7, 11) is 4.87. The van der Waals surface area contributed by atoms with Gasteiger partial charge in [0.25, 0.3) is 5.24 Å². The summed E-state index contributed by atoms with van der Waals surface area (Å²) < 4.78 is 0. The summed E-state index contributed by atoms with van der Waals surface area (Å²) in [6, 6.07) is 0. The Bertz CT molecular complexity index is 75.3. The predicted molar refractivity (Wildman–Crippen MR) is 35.2 cm³/mol. The Labute approximate surface area is 54.7 Å². The topological polar surface area (TPSA) is 20.3 Å². The highest BCUT2D eigenvalue weighted by atomic mass is 32.3. The van der Waals surface area contributed by atoms with Crippen molar-refractivity contribution in [1.82, 2.24) is 4.90 Å². The average molecular weight is 133 g/mol. The number of carbonyl (C=O) groups is 1. The third-order valence-electron chi connectivity index (χ3n) is 0.540. The van der Waals surface area contributed by atoms with E-state index in [1.807, 2.05) is 0 Å². The zero-order chi connectivity index (χ0) is 5.86. The third-order valence-corrected chi connectivity index (χ3v) is 2.30. The Morgan fingerprint density at radius 1 is 1.71 bits per heavy atom. The molecule has 0 aromatic carbocycles. The number of hydrogen-bond acceptors (Lipinski definition) is 2. The maximum Gasteiger partial charge on any atom is 0.318 e. The molecule has 0 aromatic heterocycles. The first kappa shape index (κ1) is 7.35. The number of hydrogen-bond donors (Lipinski definition) is 0. The smallest absolute Gasteiger partial charge is 0.318 e. The lowest BCUT2D eigenvalue weighted by Crippen LogP contribution is -2.15. The van der Waals surface area contributed by atoms with Gasteiger partial charge in [0.2, 0.25) is 0 Å². The second-order valence-electron chi connectivity index (χ2n) is 1.36. The van der Waals surface area contributed by atoms with Crippen LogP contribution in [0.5, 0.6) is 0 Å². The SMILES string of the molecule is CN(C)C(=O)[S][AlH2]. The van der Waals surface area contributed by atoms with Crippen LogP contribution in [0.4, 0.5) is 4.79 Å². The molecule has 0 saturated carbocycles. The number of amides is 1. The van der Waals surface area contributed by atoms with E-state index < -0.39 is 0 Å². The van der Waals surface area contributed by atoms with Crippen LogP contribution in [-0.4, -0.2) is 39.4 Å². The van der Waals surface area contributed by atoms with Crippen molar-refractivity contribution in [3.63, 3.8) is 0 Å². The van der Waals surface area contributed by atoms with E-state index in [1.165, 1.54) is 10.1 Å². The Morgan fingerprint density at radius 3 is 2.14 bits per heavy atom. The maximum absolute atomic E-state index is 10.4. The minimum atomic E-state index is 0.159. The van der Waals surface area contributed by atoms with Gasteiger partial charge in [0.05, 0.1) is 0 Å². The van der Waals surface area contributed by atoms with Gasteiger partial charge in [-0.05, 0) is 0 Å². The number of nitrogens with zero attached hydrogens (tertiary/aromatic N) is 1. The average Bonchev–Trinajstić information content (AvgIpc) is 1.65. The van der Waals surface area contributed by atoms with E-state index >= 15 is 0 Å². The van der Waals surface area contributed by atoms with E-state index in [0.29, 0.717) is 0 Å². The molecule has 0 bridgehead atoms. The van der Waals surface area contributed by atoms with E-state index in [2.05, 4.69) is 0 Å². The van der Waals surface area contributed by atoms with Gasteiger partial charge in [-0.15, -0.1) is 0 Å². The van der Waals surface area contributed by atoms with Crippen LogP contribution in [0.2, 0.25) is 0 Å². The molecule has 0 unspecified atom stereocenters. The van der Waals surface area contributed by atoms with E-state index in [4.69, 9.17) is 0 Å². The van der Waals surface area contributed by atoms with Crippen LogP contribution >= 0.6 is 10.1 Å². The fraction of sp³-hybridized carbons (Fsp3) is 0.667. The first-order chi connectivity index (χ1) is 3.18. The summed E-state index contributed by atoms with van der Waals surface area (Å²) in [5, 5.41) is 0.159. The molecule has 0 rings (SSSR count). The lowest BCUT2D eigenvalue weighted by molar-refractivity contribution is 0.241. The first-order valence-electron chi connectivity index (χ1n) is 1.93. The molecule has 0 saturated heterocycles. The van der Waals surface area contributed by atoms with Gasteiger partial charge in [-0.1, -0.05) is 0 Å². The van der Waals surface area contributed by atoms with Crippen molar-refractivity contribution in [1.29, 1.82) is 0 Å². The van der Waals surface area contributed by atoms with Gasteiger partial charge in [-0.3, -0.25) is 4.79 Å². The molecular weight excluding hydrogens is 125 g/mol. The largest absolute Gasteiger partial charge is 0.341 e. The second kappa shape index (κ2) is 3.37. The molecule has 7 heavy (non-hydrogen) atoms. The van der Waals surface area contributed by atoms with Crippen molar-refractivity contribution in [3.05, 3.63) is 0 Å². The Balaban J connectivity index is 3.35. The molecule has 0 aliphatic carbocycles. The molecule has 2 nitrogen and oxygen atoms in total. The standard InChI is InChI=1S/C3H7NOS.Al.2H/c1-4(2)3(5)6;;;/h1-2H3,(H,5,6);;;/q;+1;;/p-1. The zero-order valence-electron chi connectivity index (χ0n) is 4.76. The molecule has 0 spiro atoms. The molecular formula is C3H8AlNOS. The monoisotopic (exact) mass is 133 g/mol. The summed E-state index contributed by atoms with van der Waals surface area (Å²) >= 11 is 0.896. The normalized spacial score (nSPS) is 8.29. The summed E-state index contributed by atoms with van der Waals surface area (Å²) in [6.45, 7) is 0. The second-order valence-corrected chi connectivity index (χ2v) is 3.35. The van der Waals surface area contributed by atoms with Gasteiger partial charge in [0.15, 0.2) is 0 Å². The predicted octanol–water partition coefficient (Wildman–Crippen LogP) is -0.0507. The van der Waals surface area contributed by atoms with Crippen molar-refractivity contribution in [2.75, 3.05) is 14.1 Å². The molecule has 0 aromatic rings. The van der Waals surface area contributed by atoms with Gasteiger partial charge in [-0.25, -0.2) is 0 Å². The van der Waals surface area contributed by atoms with Crippen LogP contribution in [0, 0.1) is 0 Å². The summed E-state index contributed by atoms with van der Waals surface area (Å²) in [5.41, 5.74) is 0. The molecule has 40 valence electrons. The molecule has 0 aliphatic rings. The molecule has 0 aliphatic heterocycles. The van der Waals surface area contributed by atoms with Crippen molar-refractivity contribution in [2.24, 2.45) is 0 Å². The van der Waals surface area contributed by atoms with Gasteiger partial charge in [0.1, 0.15) is 0 Å². The number of rotatable bonds is 0. The maximum atomic E-state index is 10.4. The minimum absolute atomic E-state index is 0.159. The number of carbonyl (C=O) groups excluding carboxylic acids is 1. The van der Waals surface area contributed by atoms with E-state index in [9.17, 15) is 4.79 Å². The quantitative estimate of drug-likeness (QED) is 0.432. The Kier molecular flexibility index (Phi) is 3.54. The van der Waals surface area contributed by atoms with Gasteiger partial charge < -0.3 is 4.90 Å². The lowest BCUT2D eigenvalue weighted by atomic mass is 11.0. The molecule has 1 amide bonds. The summed E-state index contributed by atoms with van der Waals surface area (Å²) in [5.74, 6) is 0. The van der Waals surface area contributed by atoms with Crippen molar-refractivity contribution < 1.29 is 4.79 Å². The third kappa shape index (κ3) is 2.98. The van der Waals surface area contributed by atoms with Crippen LogP contribution in [0.15, 0.2) is 0 Å². The van der Waals surface area contributed by atoms with Gasteiger partial charge in [0, 0.05) is 14.1 Å². The van der Waals surface area contributed by atoms with Crippen molar-refractivity contribution in [3.8, 4) is 0 Å².